The van der Waals surface area contributed by atoms with Gasteiger partial charge < -0.3 is 25.2 Å². The summed E-state index contributed by atoms with van der Waals surface area (Å²) < 4.78 is 4.94. The van der Waals surface area contributed by atoms with Crippen molar-refractivity contribution in [3.8, 4) is 0 Å². The fourth-order valence-corrected chi connectivity index (χ4v) is 3.50. The number of carbonyl (C=O) groups is 3. The Morgan fingerprint density at radius 2 is 1.71 bits per heavy atom. The van der Waals surface area contributed by atoms with Gasteiger partial charge in [-0.25, -0.2) is 9.59 Å². The minimum Gasteiger partial charge on any atom is -0.450 e. The monoisotopic (exact) mass is 398 g/mol. The van der Waals surface area contributed by atoms with Crippen LogP contribution in [0.2, 0.25) is 0 Å². The summed E-state index contributed by atoms with van der Waals surface area (Å²) in [4.78, 5) is 40.3. The van der Waals surface area contributed by atoms with Gasteiger partial charge in [0.05, 0.1) is 6.61 Å². The molecule has 0 saturated carbocycles. The highest BCUT2D eigenvalue weighted by Gasteiger charge is 2.29. The first kappa shape index (κ1) is 24.0. The smallest absolute Gasteiger partial charge is 0.407 e. The van der Waals surface area contributed by atoms with Crippen LogP contribution in [-0.2, 0) is 9.53 Å². The van der Waals surface area contributed by atoms with Crippen molar-refractivity contribution in [1.29, 1.82) is 0 Å². The Morgan fingerprint density at radius 3 is 2.21 bits per heavy atom. The predicted molar refractivity (Wildman–Crippen MR) is 109 cm³/mol. The number of piperidine rings is 1. The first-order valence-electron chi connectivity index (χ1n) is 10.6. The number of likely N-dealkylation sites (tertiary alicyclic amines) is 1. The van der Waals surface area contributed by atoms with E-state index in [9.17, 15) is 14.4 Å². The molecule has 0 aromatic rings. The molecule has 1 atom stereocenters. The average molecular weight is 399 g/mol. The molecule has 0 bridgehead atoms. The number of alkyl carbamates (subject to hydrolysis) is 1. The maximum absolute atomic E-state index is 12.6. The van der Waals surface area contributed by atoms with Crippen LogP contribution in [0.15, 0.2) is 0 Å². The summed E-state index contributed by atoms with van der Waals surface area (Å²) in [5.41, 5.74) is 0. The van der Waals surface area contributed by atoms with Crippen LogP contribution >= 0.6 is 0 Å². The number of nitrogens with one attached hydrogen (secondary N) is 2. The minimum atomic E-state index is -0.453. The second-order valence-corrected chi connectivity index (χ2v) is 7.65. The van der Waals surface area contributed by atoms with Crippen LogP contribution < -0.4 is 10.6 Å². The highest BCUT2D eigenvalue weighted by Crippen LogP contribution is 2.18. The lowest BCUT2D eigenvalue weighted by Gasteiger charge is -2.35. The summed E-state index contributed by atoms with van der Waals surface area (Å²) in [5, 5.41) is 5.79. The van der Waals surface area contributed by atoms with E-state index in [1.54, 1.807) is 11.8 Å². The molecule has 8 heteroatoms. The fourth-order valence-electron chi connectivity index (χ4n) is 3.50. The summed E-state index contributed by atoms with van der Waals surface area (Å²) >= 11 is 0. The van der Waals surface area contributed by atoms with Crippen LogP contribution in [0.25, 0.3) is 0 Å². The third-order valence-electron chi connectivity index (χ3n) is 5.05. The molecule has 2 N–H and O–H groups in total. The van der Waals surface area contributed by atoms with Crippen molar-refractivity contribution < 1.29 is 19.1 Å². The molecule has 1 aliphatic heterocycles. The quantitative estimate of drug-likeness (QED) is 0.624. The van der Waals surface area contributed by atoms with Gasteiger partial charge in [0.1, 0.15) is 0 Å². The molecule has 0 aromatic heterocycles. The van der Waals surface area contributed by atoms with Gasteiger partial charge in [-0.05, 0) is 46.0 Å². The molecule has 28 heavy (non-hydrogen) atoms. The Labute approximate surface area is 169 Å². The van der Waals surface area contributed by atoms with Gasteiger partial charge in [-0.15, -0.1) is 0 Å². The molecule has 1 fully saturated rings. The van der Waals surface area contributed by atoms with E-state index >= 15 is 0 Å². The second kappa shape index (κ2) is 12.5. The zero-order valence-corrected chi connectivity index (χ0v) is 18.1. The van der Waals surface area contributed by atoms with Gasteiger partial charge in [0.15, 0.2) is 0 Å². The number of urea groups is 1. The van der Waals surface area contributed by atoms with Gasteiger partial charge in [0.2, 0.25) is 5.91 Å². The van der Waals surface area contributed by atoms with E-state index in [1.807, 2.05) is 18.7 Å². The van der Waals surface area contributed by atoms with E-state index in [-0.39, 0.29) is 23.9 Å². The molecule has 0 aromatic carbocycles. The van der Waals surface area contributed by atoms with Crippen LogP contribution in [0.4, 0.5) is 9.59 Å². The lowest BCUT2D eigenvalue weighted by Crippen LogP contribution is -2.50. The average Bonchev–Trinajstić information content (AvgIpc) is 2.66. The largest absolute Gasteiger partial charge is 0.450 e. The van der Waals surface area contributed by atoms with E-state index < -0.39 is 6.09 Å². The Balaban J connectivity index is 2.47. The number of hydrogen-bond acceptors (Lipinski definition) is 4. The zero-order chi connectivity index (χ0) is 21.1. The van der Waals surface area contributed by atoms with E-state index in [0.717, 1.165) is 6.42 Å². The lowest BCUT2D eigenvalue weighted by molar-refractivity contribution is -0.126. The summed E-state index contributed by atoms with van der Waals surface area (Å²) in [6.07, 6.45) is 1.64. The number of ether oxygens (including phenoxy) is 1. The van der Waals surface area contributed by atoms with Crippen molar-refractivity contribution in [3.05, 3.63) is 0 Å². The van der Waals surface area contributed by atoms with Crippen LogP contribution in [0, 0.1) is 11.8 Å². The van der Waals surface area contributed by atoms with Crippen molar-refractivity contribution in [3.63, 3.8) is 0 Å². The van der Waals surface area contributed by atoms with Crippen molar-refractivity contribution in [2.75, 3.05) is 39.3 Å². The van der Waals surface area contributed by atoms with Gasteiger partial charge >= 0.3 is 12.1 Å². The van der Waals surface area contributed by atoms with Crippen LogP contribution in [-0.4, -0.2) is 73.2 Å². The fraction of sp³-hybridized carbons (Fsp3) is 0.850. The SMILES string of the molecule is CCOC(=O)NC(CNC(=O)C1CCN(C(=O)N(CC)CC)CC1)CC(C)C. The second-order valence-electron chi connectivity index (χ2n) is 7.65. The topological polar surface area (TPSA) is 91.0 Å². The van der Waals surface area contributed by atoms with E-state index in [4.69, 9.17) is 4.74 Å². The lowest BCUT2D eigenvalue weighted by atomic mass is 9.95. The van der Waals surface area contributed by atoms with Gasteiger partial charge in [-0.2, -0.15) is 0 Å². The van der Waals surface area contributed by atoms with Crippen LogP contribution in [0.1, 0.15) is 53.9 Å². The number of hydrogen-bond donors (Lipinski definition) is 2. The Bertz CT molecular complexity index is 500. The minimum absolute atomic E-state index is 0.00523. The summed E-state index contributed by atoms with van der Waals surface area (Å²) in [6, 6.07) is -0.105. The summed E-state index contributed by atoms with van der Waals surface area (Å²) in [6.45, 7) is 13.1. The summed E-state index contributed by atoms with van der Waals surface area (Å²) in [7, 11) is 0. The zero-order valence-electron chi connectivity index (χ0n) is 18.1. The van der Waals surface area contributed by atoms with E-state index in [0.29, 0.717) is 58.1 Å². The molecular weight excluding hydrogens is 360 g/mol. The first-order valence-corrected chi connectivity index (χ1v) is 10.6. The Kier molecular flexibility index (Phi) is 10.7. The molecule has 1 rings (SSSR count). The molecular formula is C20H38N4O4. The van der Waals surface area contributed by atoms with Gasteiger partial charge in [0, 0.05) is 44.7 Å². The van der Waals surface area contributed by atoms with E-state index in [1.165, 1.54) is 0 Å². The normalized spacial score (nSPS) is 15.9. The first-order chi connectivity index (χ1) is 13.3. The molecule has 0 radical (unpaired) electrons. The molecule has 0 aliphatic carbocycles. The number of nitrogens with zero attached hydrogens (tertiary/aromatic N) is 2. The van der Waals surface area contributed by atoms with Gasteiger partial charge in [0.25, 0.3) is 0 Å². The molecule has 1 unspecified atom stereocenters. The van der Waals surface area contributed by atoms with Crippen molar-refractivity contribution >= 4 is 18.0 Å². The third kappa shape index (κ3) is 7.94. The Morgan fingerprint density at radius 1 is 1.11 bits per heavy atom. The maximum Gasteiger partial charge on any atom is 0.407 e. The molecule has 0 spiro atoms. The van der Waals surface area contributed by atoms with Crippen molar-refractivity contribution in [2.45, 2.75) is 59.9 Å². The van der Waals surface area contributed by atoms with E-state index in [2.05, 4.69) is 24.5 Å². The summed E-state index contributed by atoms with van der Waals surface area (Å²) in [5.74, 6) is 0.288. The van der Waals surface area contributed by atoms with Crippen molar-refractivity contribution in [2.24, 2.45) is 11.8 Å². The van der Waals surface area contributed by atoms with Gasteiger partial charge in [-0.3, -0.25) is 4.79 Å². The highest BCUT2D eigenvalue weighted by molar-refractivity contribution is 5.80. The predicted octanol–water partition coefficient (Wildman–Crippen LogP) is 2.44. The van der Waals surface area contributed by atoms with Crippen LogP contribution in [0.5, 0.6) is 0 Å². The number of amides is 4. The number of carbonyl (C=O) groups excluding carboxylic acids is 3. The molecule has 1 saturated heterocycles. The maximum atomic E-state index is 12.6. The van der Waals surface area contributed by atoms with Gasteiger partial charge in [-0.1, -0.05) is 13.8 Å². The molecule has 4 amide bonds. The Hall–Kier alpha value is -1.99. The molecule has 162 valence electrons. The third-order valence-corrected chi connectivity index (χ3v) is 5.05. The molecule has 8 nitrogen and oxygen atoms in total. The van der Waals surface area contributed by atoms with Crippen LogP contribution in [0.3, 0.4) is 0 Å². The molecule has 1 heterocycles. The van der Waals surface area contributed by atoms with Crippen molar-refractivity contribution in [1.82, 2.24) is 20.4 Å². The standard InChI is InChI=1S/C20H38N4O4/c1-6-23(7-2)20(27)24-11-9-16(10-12-24)18(25)21-14-17(13-15(4)5)22-19(26)28-8-3/h15-17H,6-14H2,1-5H3,(H,21,25)(H,22,26). The highest BCUT2D eigenvalue weighted by atomic mass is 16.5. The molecule has 1 aliphatic rings. The number of rotatable bonds is 9.